The lowest BCUT2D eigenvalue weighted by Gasteiger charge is -2.11. The van der Waals surface area contributed by atoms with Crippen LogP contribution in [-0.2, 0) is 19.4 Å². The molecule has 0 saturated carbocycles. The van der Waals surface area contributed by atoms with Crippen LogP contribution in [0, 0.1) is 0 Å². The van der Waals surface area contributed by atoms with Gasteiger partial charge < -0.3 is 10.4 Å². The molecule has 2 N–H and O–H groups in total. The first-order valence-electron chi connectivity index (χ1n) is 4.55. The molecule has 6 nitrogen and oxygen atoms in total. The minimum Gasteiger partial charge on any atom is -0.480 e. The average molecular weight is 237 g/mol. The monoisotopic (exact) mass is 237 g/mol. The van der Waals surface area contributed by atoms with Gasteiger partial charge in [0.25, 0.3) is 0 Å². The lowest BCUT2D eigenvalue weighted by Crippen LogP contribution is -2.43. The normalized spacial score (nSPS) is 13.2. The van der Waals surface area contributed by atoms with Crippen LogP contribution in [0.3, 0.4) is 0 Å². The van der Waals surface area contributed by atoms with Gasteiger partial charge in [0.1, 0.15) is 11.8 Å². The van der Waals surface area contributed by atoms with Crippen LogP contribution in [0.25, 0.3) is 0 Å². The summed E-state index contributed by atoms with van der Waals surface area (Å²) in [6.07, 6.45) is 0.216. The average Bonchev–Trinajstić information content (AvgIpc) is 2.13. The summed E-state index contributed by atoms with van der Waals surface area (Å²) < 4.78 is 22.1. The van der Waals surface area contributed by atoms with Crippen molar-refractivity contribution in [2.75, 3.05) is 11.5 Å². The third kappa shape index (κ3) is 5.36. The molecule has 0 aliphatic rings. The standard InChI is InChI=1S/C8H15NO5S/c1-3-6(8(11)12)9-7(10)5-15(13,14)4-2/h6H,3-5H2,1-2H3,(H,9,10)(H,11,12). The van der Waals surface area contributed by atoms with Crippen LogP contribution in [0.2, 0.25) is 0 Å². The summed E-state index contributed by atoms with van der Waals surface area (Å²) in [6, 6.07) is -1.02. The maximum absolute atomic E-state index is 11.1. The Morgan fingerprint density at radius 2 is 1.87 bits per heavy atom. The molecule has 88 valence electrons. The van der Waals surface area contributed by atoms with Gasteiger partial charge in [-0.05, 0) is 6.42 Å². The molecule has 0 spiro atoms. The molecular formula is C8H15NO5S. The SMILES string of the molecule is CCC(NC(=O)CS(=O)(=O)CC)C(=O)O. The molecule has 0 aromatic carbocycles. The van der Waals surface area contributed by atoms with E-state index in [9.17, 15) is 18.0 Å². The van der Waals surface area contributed by atoms with Crippen LogP contribution in [0.4, 0.5) is 0 Å². The molecular weight excluding hydrogens is 222 g/mol. The van der Waals surface area contributed by atoms with Crippen molar-refractivity contribution in [1.29, 1.82) is 0 Å². The summed E-state index contributed by atoms with van der Waals surface area (Å²) in [7, 11) is -3.40. The van der Waals surface area contributed by atoms with E-state index in [1.54, 1.807) is 6.92 Å². The molecule has 0 aliphatic carbocycles. The number of carboxylic acid groups (broad SMARTS) is 1. The molecule has 0 radical (unpaired) electrons. The number of carbonyl (C=O) groups excluding carboxylic acids is 1. The maximum Gasteiger partial charge on any atom is 0.326 e. The second-order valence-electron chi connectivity index (χ2n) is 3.04. The summed E-state index contributed by atoms with van der Waals surface area (Å²) in [5.41, 5.74) is 0. The van der Waals surface area contributed by atoms with Crippen LogP contribution >= 0.6 is 0 Å². The molecule has 1 amide bonds. The Balaban J connectivity index is 4.32. The van der Waals surface area contributed by atoms with E-state index in [-0.39, 0.29) is 12.2 Å². The molecule has 0 heterocycles. The van der Waals surface area contributed by atoms with Crippen molar-refractivity contribution in [3.05, 3.63) is 0 Å². The quantitative estimate of drug-likeness (QED) is 0.642. The zero-order chi connectivity index (χ0) is 12.1. The molecule has 0 saturated heterocycles. The summed E-state index contributed by atoms with van der Waals surface area (Å²) in [4.78, 5) is 21.7. The summed E-state index contributed by atoms with van der Waals surface area (Å²) >= 11 is 0. The predicted molar refractivity (Wildman–Crippen MR) is 54.2 cm³/mol. The van der Waals surface area contributed by atoms with E-state index in [1.807, 2.05) is 0 Å². The predicted octanol–water partition coefficient (Wildman–Crippen LogP) is -0.599. The summed E-state index contributed by atoms with van der Waals surface area (Å²) in [5, 5.41) is 10.8. The first-order chi connectivity index (χ1) is 6.82. The molecule has 1 atom stereocenters. The summed E-state index contributed by atoms with van der Waals surface area (Å²) in [6.45, 7) is 3.02. The fraction of sp³-hybridized carbons (Fsp3) is 0.750. The molecule has 0 bridgehead atoms. The largest absolute Gasteiger partial charge is 0.480 e. The molecule has 7 heteroatoms. The minimum atomic E-state index is -3.40. The Morgan fingerprint density at radius 3 is 2.20 bits per heavy atom. The van der Waals surface area contributed by atoms with Gasteiger partial charge in [-0.3, -0.25) is 4.79 Å². The number of rotatable bonds is 6. The Kier molecular flexibility index (Phi) is 5.27. The Labute approximate surface area is 88.6 Å². The van der Waals surface area contributed by atoms with Crippen molar-refractivity contribution in [3.8, 4) is 0 Å². The molecule has 0 fully saturated rings. The number of carbonyl (C=O) groups is 2. The van der Waals surface area contributed by atoms with Crippen molar-refractivity contribution in [2.24, 2.45) is 0 Å². The molecule has 15 heavy (non-hydrogen) atoms. The van der Waals surface area contributed by atoms with E-state index >= 15 is 0 Å². The van der Waals surface area contributed by atoms with Gasteiger partial charge in [-0.1, -0.05) is 13.8 Å². The highest BCUT2D eigenvalue weighted by molar-refractivity contribution is 7.92. The van der Waals surface area contributed by atoms with E-state index < -0.39 is 33.5 Å². The molecule has 1 unspecified atom stereocenters. The molecule has 0 rings (SSSR count). The van der Waals surface area contributed by atoms with E-state index in [4.69, 9.17) is 5.11 Å². The number of aliphatic carboxylic acids is 1. The first-order valence-corrected chi connectivity index (χ1v) is 6.37. The van der Waals surface area contributed by atoms with Crippen molar-refractivity contribution in [2.45, 2.75) is 26.3 Å². The smallest absolute Gasteiger partial charge is 0.326 e. The number of hydrogen-bond acceptors (Lipinski definition) is 4. The van der Waals surface area contributed by atoms with Crippen LogP contribution in [0.1, 0.15) is 20.3 Å². The number of sulfone groups is 1. The van der Waals surface area contributed by atoms with E-state index in [1.165, 1.54) is 6.92 Å². The fourth-order valence-corrected chi connectivity index (χ4v) is 1.56. The van der Waals surface area contributed by atoms with Gasteiger partial charge >= 0.3 is 5.97 Å². The minimum absolute atomic E-state index is 0.135. The Hall–Kier alpha value is -1.11. The van der Waals surface area contributed by atoms with Crippen LogP contribution in [-0.4, -0.2) is 42.9 Å². The maximum atomic E-state index is 11.1. The Morgan fingerprint density at radius 1 is 1.33 bits per heavy atom. The highest BCUT2D eigenvalue weighted by Gasteiger charge is 2.20. The zero-order valence-corrected chi connectivity index (χ0v) is 9.50. The molecule has 0 aromatic heterocycles. The number of amides is 1. The highest BCUT2D eigenvalue weighted by atomic mass is 32.2. The second kappa shape index (κ2) is 5.69. The van der Waals surface area contributed by atoms with Crippen molar-refractivity contribution < 1.29 is 23.1 Å². The van der Waals surface area contributed by atoms with Gasteiger partial charge in [0.15, 0.2) is 9.84 Å². The van der Waals surface area contributed by atoms with Gasteiger partial charge in [0.2, 0.25) is 5.91 Å². The highest BCUT2D eigenvalue weighted by Crippen LogP contribution is 1.94. The Bertz CT molecular complexity index is 335. The third-order valence-corrected chi connectivity index (χ3v) is 3.41. The third-order valence-electron chi connectivity index (χ3n) is 1.83. The van der Waals surface area contributed by atoms with Gasteiger partial charge in [-0.15, -0.1) is 0 Å². The second-order valence-corrected chi connectivity index (χ2v) is 5.40. The van der Waals surface area contributed by atoms with Gasteiger partial charge in [0.05, 0.1) is 0 Å². The molecule has 0 aliphatic heterocycles. The van der Waals surface area contributed by atoms with Crippen molar-refractivity contribution >= 4 is 21.7 Å². The van der Waals surface area contributed by atoms with Crippen LogP contribution in [0.15, 0.2) is 0 Å². The lowest BCUT2D eigenvalue weighted by atomic mass is 10.2. The van der Waals surface area contributed by atoms with E-state index in [0.717, 1.165) is 0 Å². The van der Waals surface area contributed by atoms with Crippen LogP contribution in [0.5, 0.6) is 0 Å². The number of carboxylic acids is 1. The van der Waals surface area contributed by atoms with Gasteiger partial charge in [0, 0.05) is 5.75 Å². The fourth-order valence-electron chi connectivity index (χ4n) is 0.876. The van der Waals surface area contributed by atoms with Crippen LogP contribution < -0.4 is 5.32 Å². The van der Waals surface area contributed by atoms with Gasteiger partial charge in [-0.2, -0.15) is 0 Å². The van der Waals surface area contributed by atoms with Gasteiger partial charge in [-0.25, -0.2) is 13.2 Å². The first kappa shape index (κ1) is 13.9. The topological polar surface area (TPSA) is 101 Å². The summed E-state index contributed by atoms with van der Waals surface area (Å²) in [5.74, 6) is -2.73. The van der Waals surface area contributed by atoms with Crippen molar-refractivity contribution in [1.82, 2.24) is 5.32 Å². The number of hydrogen-bond donors (Lipinski definition) is 2. The molecule has 0 aromatic rings. The van der Waals surface area contributed by atoms with Crippen molar-refractivity contribution in [3.63, 3.8) is 0 Å². The van der Waals surface area contributed by atoms with E-state index in [2.05, 4.69) is 5.32 Å². The van der Waals surface area contributed by atoms with E-state index in [0.29, 0.717) is 0 Å². The number of nitrogens with one attached hydrogen (secondary N) is 1. The zero-order valence-electron chi connectivity index (χ0n) is 8.69. The lowest BCUT2D eigenvalue weighted by molar-refractivity contribution is -0.141.